The highest BCUT2D eigenvalue weighted by atomic mass is 16.5. The molecule has 1 saturated carbocycles. The fourth-order valence-electron chi connectivity index (χ4n) is 4.63. The number of carbonyl (C=O) groups excluding carboxylic acids is 3. The van der Waals surface area contributed by atoms with Crippen molar-refractivity contribution in [2.75, 3.05) is 20.2 Å². The number of likely N-dealkylation sites (tertiary alicyclic amines) is 1. The van der Waals surface area contributed by atoms with E-state index in [-0.39, 0.29) is 35.9 Å². The Morgan fingerprint density at radius 3 is 2.18 bits per heavy atom. The highest BCUT2D eigenvalue weighted by Crippen LogP contribution is 2.29. The highest BCUT2D eigenvalue weighted by molar-refractivity contribution is 6.04. The van der Waals surface area contributed by atoms with Crippen LogP contribution >= 0.6 is 0 Å². The summed E-state index contributed by atoms with van der Waals surface area (Å²) < 4.78 is 9.84. The molecule has 186 valence electrons. The molecule has 0 radical (unpaired) electrons. The number of ether oxygens (including phenoxy) is 2. The molecule has 9 heteroatoms. The van der Waals surface area contributed by atoms with Crippen molar-refractivity contribution in [3.05, 3.63) is 35.4 Å². The normalized spacial score (nSPS) is 21.0. The van der Waals surface area contributed by atoms with Gasteiger partial charge >= 0.3 is 18.1 Å². The molecule has 2 aliphatic rings. The number of piperidine rings is 1. The molecule has 0 bridgehead atoms. The molecule has 1 aromatic rings. The Kier molecular flexibility index (Phi) is 8.90. The van der Waals surface area contributed by atoms with Crippen molar-refractivity contribution in [1.82, 2.24) is 15.5 Å². The Hall–Kier alpha value is -3.10. The van der Waals surface area contributed by atoms with Gasteiger partial charge in [-0.15, -0.1) is 0 Å². The van der Waals surface area contributed by atoms with Gasteiger partial charge in [0.05, 0.1) is 19.1 Å². The molecule has 0 atom stereocenters. The number of nitrogens with zero attached hydrogens (tertiary/aromatic N) is 1. The number of hydrogen-bond acceptors (Lipinski definition) is 6. The largest absolute Gasteiger partial charge is 0.463 e. The lowest BCUT2D eigenvalue weighted by molar-refractivity contribution is -0.153. The van der Waals surface area contributed by atoms with Crippen LogP contribution in [0, 0.1) is 11.3 Å². The van der Waals surface area contributed by atoms with Crippen molar-refractivity contribution in [3.8, 4) is 0 Å². The second-order valence-electron chi connectivity index (χ2n) is 9.36. The highest BCUT2D eigenvalue weighted by Gasteiger charge is 2.30. The topological polar surface area (TPSA) is 121 Å². The first-order valence-electron chi connectivity index (χ1n) is 12.1. The number of alkyl carbamates (subject to hydrolysis) is 1. The van der Waals surface area contributed by atoms with Gasteiger partial charge in [-0.2, -0.15) is 0 Å². The Bertz CT molecular complexity index is 870. The zero-order valence-electron chi connectivity index (χ0n) is 20.3. The van der Waals surface area contributed by atoms with Crippen LogP contribution in [-0.2, 0) is 14.3 Å². The zero-order chi connectivity index (χ0) is 24.7. The lowest BCUT2D eigenvalue weighted by atomic mass is 9.86. The Balaban J connectivity index is 1.41. The summed E-state index contributed by atoms with van der Waals surface area (Å²) in [5.74, 6) is 0.170. The van der Waals surface area contributed by atoms with E-state index in [1.54, 1.807) is 0 Å². The third kappa shape index (κ3) is 6.95. The number of esters is 1. The van der Waals surface area contributed by atoms with Gasteiger partial charge in [0.15, 0.2) is 0 Å². The molecule has 34 heavy (non-hydrogen) atoms. The Labute approximate surface area is 201 Å². The maximum atomic E-state index is 12.8. The molecule has 9 nitrogen and oxygen atoms in total. The SMILES string of the molecule is COC(=O)NC(=N)c1ccc(C2CCN(C(=O)N[C@H]3CC[C@H](C(=O)OC(C)C)CC3)CC2)cc1. The van der Waals surface area contributed by atoms with Crippen LogP contribution in [-0.4, -0.2) is 61.2 Å². The smallest absolute Gasteiger partial charge is 0.412 e. The van der Waals surface area contributed by atoms with Crippen LogP contribution in [0.5, 0.6) is 0 Å². The van der Waals surface area contributed by atoms with Gasteiger partial charge in [0.2, 0.25) is 0 Å². The molecule has 1 aliphatic heterocycles. The first kappa shape index (κ1) is 25.5. The lowest BCUT2D eigenvalue weighted by Gasteiger charge is -2.35. The molecule has 0 unspecified atom stereocenters. The molecule has 1 aliphatic carbocycles. The van der Waals surface area contributed by atoms with E-state index in [4.69, 9.17) is 10.1 Å². The summed E-state index contributed by atoms with van der Waals surface area (Å²) in [6.07, 6.45) is 4.08. The van der Waals surface area contributed by atoms with Crippen LogP contribution in [0.25, 0.3) is 0 Å². The molecule has 1 aromatic carbocycles. The first-order chi connectivity index (χ1) is 16.3. The quantitative estimate of drug-likeness (QED) is 0.342. The predicted molar refractivity (Wildman–Crippen MR) is 128 cm³/mol. The minimum absolute atomic E-state index is 0.00395. The Morgan fingerprint density at radius 1 is 1.00 bits per heavy atom. The standard InChI is InChI=1S/C25H36N4O5/c1-16(2)34-23(30)20-8-10-21(11-9-20)27-24(31)29-14-12-18(13-15-29)17-4-6-19(7-5-17)22(26)28-25(32)33-3/h4-7,16,18,20-21H,8-15H2,1-3H3,(H,27,31)(H2,26,28,32)/t20-,21-. The van der Waals surface area contributed by atoms with Gasteiger partial charge in [0.1, 0.15) is 5.84 Å². The van der Waals surface area contributed by atoms with Crippen molar-refractivity contribution in [2.24, 2.45) is 5.92 Å². The second-order valence-corrected chi connectivity index (χ2v) is 9.36. The number of amides is 3. The number of urea groups is 1. The van der Waals surface area contributed by atoms with Crippen molar-refractivity contribution in [2.45, 2.75) is 70.4 Å². The number of methoxy groups -OCH3 is 1. The van der Waals surface area contributed by atoms with E-state index in [1.807, 2.05) is 43.0 Å². The van der Waals surface area contributed by atoms with Crippen molar-refractivity contribution in [3.63, 3.8) is 0 Å². The summed E-state index contributed by atoms with van der Waals surface area (Å²) in [5, 5.41) is 13.4. The zero-order valence-corrected chi connectivity index (χ0v) is 20.3. The molecular formula is C25H36N4O5. The number of amidine groups is 1. The number of hydrogen-bond donors (Lipinski definition) is 3. The number of rotatable bonds is 5. The van der Waals surface area contributed by atoms with Gasteiger partial charge < -0.3 is 19.7 Å². The van der Waals surface area contributed by atoms with Gasteiger partial charge in [-0.3, -0.25) is 15.5 Å². The summed E-state index contributed by atoms with van der Waals surface area (Å²) in [4.78, 5) is 38.0. The maximum absolute atomic E-state index is 12.8. The second kappa shape index (κ2) is 11.9. The van der Waals surface area contributed by atoms with Crippen molar-refractivity contribution in [1.29, 1.82) is 5.41 Å². The van der Waals surface area contributed by atoms with E-state index in [1.165, 1.54) is 12.7 Å². The van der Waals surface area contributed by atoms with E-state index in [0.29, 0.717) is 24.6 Å². The van der Waals surface area contributed by atoms with Gasteiger partial charge in [-0.25, -0.2) is 9.59 Å². The van der Waals surface area contributed by atoms with E-state index in [0.717, 1.165) is 38.5 Å². The molecule has 3 rings (SSSR count). The molecular weight excluding hydrogens is 436 g/mol. The molecule has 3 N–H and O–H groups in total. The van der Waals surface area contributed by atoms with E-state index >= 15 is 0 Å². The van der Waals surface area contributed by atoms with Crippen LogP contribution in [0.15, 0.2) is 24.3 Å². The van der Waals surface area contributed by atoms with E-state index in [2.05, 4.69) is 15.4 Å². The van der Waals surface area contributed by atoms with Gasteiger partial charge in [0.25, 0.3) is 0 Å². The molecule has 2 fully saturated rings. The van der Waals surface area contributed by atoms with Crippen LogP contribution in [0.4, 0.5) is 9.59 Å². The van der Waals surface area contributed by atoms with E-state index in [9.17, 15) is 14.4 Å². The van der Waals surface area contributed by atoms with Crippen LogP contribution in [0.3, 0.4) is 0 Å². The van der Waals surface area contributed by atoms with Crippen LogP contribution in [0.1, 0.15) is 69.4 Å². The molecule has 0 spiro atoms. The summed E-state index contributed by atoms with van der Waals surface area (Å²) in [7, 11) is 1.26. The van der Waals surface area contributed by atoms with Gasteiger partial charge in [0, 0.05) is 24.7 Å². The predicted octanol–water partition coefficient (Wildman–Crippen LogP) is 3.77. The average Bonchev–Trinajstić information content (AvgIpc) is 2.84. The summed E-state index contributed by atoms with van der Waals surface area (Å²) in [6.45, 7) is 5.10. The summed E-state index contributed by atoms with van der Waals surface area (Å²) in [5.41, 5.74) is 1.78. The first-order valence-corrected chi connectivity index (χ1v) is 12.1. The summed E-state index contributed by atoms with van der Waals surface area (Å²) in [6, 6.07) is 7.68. The monoisotopic (exact) mass is 472 g/mol. The molecule has 1 saturated heterocycles. The third-order valence-corrected chi connectivity index (χ3v) is 6.61. The van der Waals surface area contributed by atoms with Crippen LogP contribution < -0.4 is 10.6 Å². The fourth-order valence-corrected chi connectivity index (χ4v) is 4.63. The van der Waals surface area contributed by atoms with Crippen molar-refractivity contribution >= 4 is 23.9 Å². The average molecular weight is 473 g/mol. The number of nitrogens with one attached hydrogen (secondary N) is 3. The number of carbonyl (C=O) groups is 3. The molecule has 1 heterocycles. The fraction of sp³-hybridized carbons (Fsp3) is 0.600. The molecule has 3 amide bonds. The molecule has 0 aromatic heterocycles. The maximum Gasteiger partial charge on any atom is 0.412 e. The lowest BCUT2D eigenvalue weighted by Crippen LogP contribution is -2.48. The van der Waals surface area contributed by atoms with Crippen LogP contribution in [0.2, 0.25) is 0 Å². The van der Waals surface area contributed by atoms with Crippen molar-refractivity contribution < 1.29 is 23.9 Å². The summed E-state index contributed by atoms with van der Waals surface area (Å²) >= 11 is 0. The Morgan fingerprint density at radius 2 is 1.62 bits per heavy atom. The van der Waals surface area contributed by atoms with Gasteiger partial charge in [-0.05, 0) is 63.9 Å². The third-order valence-electron chi connectivity index (χ3n) is 6.61. The minimum atomic E-state index is -0.665. The minimum Gasteiger partial charge on any atom is -0.463 e. The number of benzene rings is 1. The van der Waals surface area contributed by atoms with E-state index < -0.39 is 6.09 Å². The van der Waals surface area contributed by atoms with Gasteiger partial charge in [-0.1, -0.05) is 24.3 Å².